The Morgan fingerprint density at radius 3 is 3.00 bits per heavy atom. The van der Waals surface area contributed by atoms with Gasteiger partial charge in [0.15, 0.2) is 6.61 Å². The number of hydrogen-bond donors (Lipinski definition) is 2. The molecule has 0 aromatic heterocycles. The fraction of sp³-hybridized carbons (Fsp3) is 0.562. The Bertz CT molecular complexity index is 502. The molecule has 3 rings (SSSR count). The van der Waals surface area contributed by atoms with E-state index >= 15 is 0 Å². The maximum absolute atomic E-state index is 11.2. The molecule has 5 heteroatoms. The second-order valence-corrected chi connectivity index (χ2v) is 5.85. The number of nitrogens with zero attached hydrogens (tertiary/aromatic N) is 1. The summed E-state index contributed by atoms with van der Waals surface area (Å²) in [6, 6.07) is 9.20. The van der Waals surface area contributed by atoms with Crippen LogP contribution in [0.1, 0.15) is 19.3 Å². The topological polar surface area (TPSA) is 53.6 Å². The zero-order chi connectivity index (χ0) is 14.7. The van der Waals surface area contributed by atoms with Crippen LogP contribution in [0.4, 0.5) is 5.69 Å². The number of likely N-dealkylation sites (tertiary alicyclic amines) is 1. The number of ether oxygens (including phenoxy) is 1. The minimum Gasteiger partial charge on any atom is -0.484 e. The lowest BCUT2D eigenvalue weighted by molar-refractivity contribution is -0.122. The smallest absolute Gasteiger partial charge is 0.257 e. The van der Waals surface area contributed by atoms with Crippen molar-refractivity contribution in [3.63, 3.8) is 0 Å². The molecule has 1 amide bonds. The lowest BCUT2D eigenvalue weighted by Crippen LogP contribution is -2.27. The summed E-state index contributed by atoms with van der Waals surface area (Å²) in [5.74, 6) is 0.602. The molecule has 1 heterocycles. The molecule has 2 fully saturated rings. The van der Waals surface area contributed by atoms with E-state index < -0.39 is 0 Å². The van der Waals surface area contributed by atoms with Crippen molar-refractivity contribution in [2.24, 2.45) is 0 Å². The van der Waals surface area contributed by atoms with Crippen LogP contribution >= 0.6 is 0 Å². The number of likely N-dealkylation sites (N-methyl/N-ethyl adjacent to an activating group) is 1. The Hall–Kier alpha value is -1.75. The zero-order valence-corrected chi connectivity index (χ0v) is 12.5. The van der Waals surface area contributed by atoms with Crippen LogP contribution in [0.25, 0.3) is 0 Å². The molecule has 1 atom stereocenters. The fourth-order valence-corrected chi connectivity index (χ4v) is 2.81. The van der Waals surface area contributed by atoms with Crippen LogP contribution in [-0.2, 0) is 4.79 Å². The van der Waals surface area contributed by atoms with E-state index in [1.165, 1.54) is 25.8 Å². The third-order valence-electron chi connectivity index (χ3n) is 4.14. The Kier molecular flexibility index (Phi) is 4.29. The molecule has 0 radical (unpaired) electrons. The monoisotopic (exact) mass is 289 g/mol. The highest BCUT2D eigenvalue weighted by molar-refractivity contribution is 5.77. The van der Waals surface area contributed by atoms with Crippen molar-refractivity contribution in [3.05, 3.63) is 24.3 Å². The van der Waals surface area contributed by atoms with Crippen molar-refractivity contribution in [1.29, 1.82) is 0 Å². The third-order valence-corrected chi connectivity index (χ3v) is 4.14. The molecular formula is C16H23N3O2. The van der Waals surface area contributed by atoms with Gasteiger partial charge in [0.05, 0.1) is 0 Å². The Labute approximate surface area is 125 Å². The highest BCUT2D eigenvalue weighted by Crippen LogP contribution is 2.30. The van der Waals surface area contributed by atoms with Crippen LogP contribution in [0.3, 0.4) is 0 Å². The van der Waals surface area contributed by atoms with E-state index in [0.717, 1.165) is 24.0 Å². The summed E-state index contributed by atoms with van der Waals surface area (Å²) in [4.78, 5) is 13.8. The second kappa shape index (κ2) is 6.35. The normalized spacial score (nSPS) is 22.0. The summed E-state index contributed by atoms with van der Waals surface area (Å²) in [7, 11) is 1.61. The summed E-state index contributed by atoms with van der Waals surface area (Å²) in [5.41, 5.74) is 1.06. The molecule has 1 aliphatic heterocycles. The quantitative estimate of drug-likeness (QED) is 0.832. The van der Waals surface area contributed by atoms with Gasteiger partial charge in [-0.15, -0.1) is 0 Å². The lowest BCUT2D eigenvalue weighted by Gasteiger charge is -2.17. The van der Waals surface area contributed by atoms with E-state index in [0.29, 0.717) is 6.04 Å². The van der Waals surface area contributed by atoms with Crippen molar-refractivity contribution < 1.29 is 9.53 Å². The number of rotatable bonds is 6. The van der Waals surface area contributed by atoms with Crippen LogP contribution in [0.15, 0.2) is 24.3 Å². The SMILES string of the molecule is CNC(=O)COc1cccc(NC2CCN(C3CC3)C2)c1. The van der Waals surface area contributed by atoms with Crippen molar-refractivity contribution in [2.45, 2.75) is 31.3 Å². The largest absolute Gasteiger partial charge is 0.484 e. The van der Waals surface area contributed by atoms with Gasteiger partial charge in [0.1, 0.15) is 5.75 Å². The molecular weight excluding hydrogens is 266 g/mol. The minimum absolute atomic E-state index is 0.0544. The van der Waals surface area contributed by atoms with Gasteiger partial charge in [-0.2, -0.15) is 0 Å². The van der Waals surface area contributed by atoms with Crippen LogP contribution in [0.5, 0.6) is 5.75 Å². The standard InChI is InChI=1S/C16H23N3O2/c1-17-16(20)11-21-15-4-2-3-12(9-15)18-13-7-8-19(10-13)14-5-6-14/h2-4,9,13-14,18H,5-8,10-11H2,1H3,(H,17,20). The molecule has 1 saturated heterocycles. The summed E-state index contributed by atoms with van der Waals surface area (Å²) >= 11 is 0. The molecule has 0 bridgehead atoms. The summed E-state index contributed by atoms with van der Waals surface area (Å²) in [6.45, 7) is 2.39. The number of benzene rings is 1. The molecule has 0 spiro atoms. The summed E-state index contributed by atoms with van der Waals surface area (Å²) in [6.07, 6.45) is 3.94. The maximum Gasteiger partial charge on any atom is 0.257 e. The fourth-order valence-electron chi connectivity index (χ4n) is 2.81. The first-order valence-corrected chi connectivity index (χ1v) is 7.68. The molecule has 1 aromatic rings. The summed E-state index contributed by atoms with van der Waals surface area (Å²) in [5, 5.41) is 6.12. The first-order chi connectivity index (χ1) is 10.2. The average Bonchev–Trinajstić information content (AvgIpc) is 3.26. The van der Waals surface area contributed by atoms with Gasteiger partial charge >= 0.3 is 0 Å². The Morgan fingerprint density at radius 1 is 1.38 bits per heavy atom. The van der Waals surface area contributed by atoms with E-state index in [1.807, 2.05) is 24.3 Å². The van der Waals surface area contributed by atoms with Gasteiger partial charge in [-0.25, -0.2) is 0 Å². The minimum atomic E-state index is -0.121. The number of nitrogens with one attached hydrogen (secondary N) is 2. The van der Waals surface area contributed by atoms with Crippen molar-refractivity contribution in [3.8, 4) is 5.75 Å². The number of carbonyl (C=O) groups is 1. The van der Waals surface area contributed by atoms with E-state index in [-0.39, 0.29) is 12.5 Å². The number of carbonyl (C=O) groups excluding carboxylic acids is 1. The molecule has 5 nitrogen and oxygen atoms in total. The van der Waals surface area contributed by atoms with Gasteiger partial charge in [0, 0.05) is 44.0 Å². The second-order valence-electron chi connectivity index (χ2n) is 5.85. The molecule has 2 aliphatic rings. The van der Waals surface area contributed by atoms with Crippen LogP contribution in [-0.4, -0.2) is 49.6 Å². The van der Waals surface area contributed by atoms with Gasteiger partial charge in [0.2, 0.25) is 0 Å². The maximum atomic E-state index is 11.2. The molecule has 1 aliphatic carbocycles. The zero-order valence-electron chi connectivity index (χ0n) is 12.5. The predicted molar refractivity (Wildman–Crippen MR) is 82.6 cm³/mol. The van der Waals surface area contributed by atoms with E-state index in [1.54, 1.807) is 7.05 Å². The Balaban J connectivity index is 1.52. The van der Waals surface area contributed by atoms with Gasteiger partial charge < -0.3 is 15.4 Å². The predicted octanol–water partition coefficient (Wildman–Crippen LogP) is 1.46. The van der Waals surface area contributed by atoms with Gasteiger partial charge in [0.25, 0.3) is 5.91 Å². The lowest BCUT2D eigenvalue weighted by atomic mass is 10.2. The highest BCUT2D eigenvalue weighted by Gasteiger charge is 2.34. The first-order valence-electron chi connectivity index (χ1n) is 7.68. The van der Waals surface area contributed by atoms with E-state index in [2.05, 4.69) is 15.5 Å². The average molecular weight is 289 g/mol. The van der Waals surface area contributed by atoms with Crippen molar-refractivity contribution in [2.75, 3.05) is 32.1 Å². The van der Waals surface area contributed by atoms with Gasteiger partial charge in [-0.1, -0.05) is 6.07 Å². The van der Waals surface area contributed by atoms with Gasteiger partial charge in [-0.05, 0) is 31.4 Å². The van der Waals surface area contributed by atoms with Crippen LogP contribution in [0, 0.1) is 0 Å². The Morgan fingerprint density at radius 2 is 2.24 bits per heavy atom. The van der Waals surface area contributed by atoms with Crippen LogP contribution < -0.4 is 15.4 Å². The van der Waals surface area contributed by atoms with Crippen LogP contribution in [0.2, 0.25) is 0 Å². The molecule has 1 aromatic carbocycles. The van der Waals surface area contributed by atoms with Crippen molar-refractivity contribution >= 4 is 11.6 Å². The summed E-state index contributed by atoms with van der Waals surface area (Å²) < 4.78 is 5.47. The number of hydrogen-bond acceptors (Lipinski definition) is 4. The molecule has 2 N–H and O–H groups in total. The number of amides is 1. The number of anilines is 1. The van der Waals surface area contributed by atoms with Crippen molar-refractivity contribution in [1.82, 2.24) is 10.2 Å². The molecule has 21 heavy (non-hydrogen) atoms. The molecule has 1 unspecified atom stereocenters. The highest BCUT2D eigenvalue weighted by atomic mass is 16.5. The van der Waals surface area contributed by atoms with E-state index in [4.69, 9.17) is 4.74 Å². The molecule has 1 saturated carbocycles. The van der Waals surface area contributed by atoms with Gasteiger partial charge in [-0.3, -0.25) is 9.69 Å². The third kappa shape index (κ3) is 3.88. The first kappa shape index (κ1) is 14.2. The van der Waals surface area contributed by atoms with E-state index in [9.17, 15) is 4.79 Å². The molecule has 114 valence electrons.